The van der Waals surface area contributed by atoms with Gasteiger partial charge < -0.3 is 14.4 Å². The van der Waals surface area contributed by atoms with Crippen LogP contribution in [0.25, 0.3) is 0 Å². The molecule has 0 radical (unpaired) electrons. The highest BCUT2D eigenvalue weighted by Crippen LogP contribution is 2.42. The van der Waals surface area contributed by atoms with E-state index in [-0.39, 0.29) is 18.1 Å². The summed E-state index contributed by atoms with van der Waals surface area (Å²) in [5.41, 5.74) is 2.06. The standard InChI is InChI=1S/C17H24N2O5S/c1-23-14-3-4-15-13(11-14)5-10-24-17(15)6-8-19(9-7-17)16(20)12-18-25(2,21)22/h3-4,11,18H,5-10,12H2,1-2H3. The number of hydrogen-bond donors (Lipinski definition) is 1. The lowest BCUT2D eigenvalue weighted by molar-refractivity contribution is -0.139. The van der Waals surface area contributed by atoms with Gasteiger partial charge in [0.05, 0.1) is 32.1 Å². The average Bonchev–Trinajstić information content (AvgIpc) is 2.59. The zero-order chi connectivity index (χ0) is 18.1. The van der Waals surface area contributed by atoms with E-state index in [9.17, 15) is 13.2 Å². The van der Waals surface area contributed by atoms with Crippen molar-refractivity contribution < 1.29 is 22.7 Å². The number of nitrogens with zero attached hydrogens (tertiary/aromatic N) is 1. The van der Waals surface area contributed by atoms with Gasteiger partial charge in [-0.25, -0.2) is 13.1 Å². The first kappa shape index (κ1) is 18.2. The Kier molecular flexibility index (Phi) is 5.04. The third-order valence-corrected chi connectivity index (χ3v) is 5.63. The molecule has 3 rings (SSSR count). The lowest BCUT2D eigenvalue weighted by Crippen LogP contribution is -2.50. The minimum Gasteiger partial charge on any atom is -0.497 e. The number of benzene rings is 1. The SMILES string of the molecule is COc1ccc2c(c1)CCOC21CCN(C(=O)CNS(C)(=O)=O)CC1. The Bertz CT molecular complexity index is 754. The maximum atomic E-state index is 12.2. The number of sulfonamides is 1. The van der Waals surface area contributed by atoms with E-state index in [1.54, 1.807) is 12.0 Å². The van der Waals surface area contributed by atoms with Gasteiger partial charge in [-0.2, -0.15) is 0 Å². The second kappa shape index (κ2) is 6.93. The molecule has 1 spiro atoms. The van der Waals surface area contributed by atoms with Crippen LogP contribution in [0.4, 0.5) is 0 Å². The fraction of sp³-hybridized carbons (Fsp3) is 0.588. The number of piperidine rings is 1. The van der Waals surface area contributed by atoms with Crippen LogP contribution in [0.3, 0.4) is 0 Å². The van der Waals surface area contributed by atoms with Crippen LogP contribution >= 0.6 is 0 Å². The van der Waals surface area contributed by atoms with E-state index in [0.29, 0.717) is 32.5 Å². The maximum absolute atomic E-state index is 12.2. The van der Waals surface area contributed by atoms with Crippen LogP contribution in [0.2, 0.25) is 0 Å². The molecule has 25 heavy (non-hydrogen) atoms. The minimum absolute atomic E-state index is 0.194. The third-order valence-electron chi connectivity index (χ3n) is 4.96. The number of hydrogen-bond acceptors (Lipinski definition) is 5. The second-order valence-corrected chi connectivity index (χ2v) is 8.42. The number of amides is 1. The highest BCUT2D eigenvalue weighted by atomic mass is 32.2. The highest BCUT2D eigenvalue weighted by molar-refractivity contribution is 7.88. The van der Waals surface area contributed by atoms with Gasteiger partial charge >= 0.3 is 0 Å². The summed E-state index contributed by atoms with van der Waals surface area (Å²) in [5, 5.41) is 0. The Balaban J connectivity index is 1.69. The first-order chi connectivity index (χ1) is 11.8. The molecule has 1 aromatic rings. The molecule has 1 N–H and O–H groups in total. The summed E-state index contributed by atoms with van der Waals surface area (Å²) in [6.07, 6.45) is 3.32. The number of likely N-dealkylation sites (tertiary alicyclic amines) is 1. The first-order valence-electron chi connectivity index (χ1n) is 8.37. The van der Waals surface area contributed by atoms with Gasteiger partial charge in [0.2, 0.25) is 15.9 Å². The van der Waals surface area contributed by atoms with Crippen molar-refractivity contribution >= 4 is 15.9 Å². The highest BCUT2D eigenvalue weighted by Gasteiger charge is 2.41. The van der Waals surface area contributed by atoms with Gasteiger partial charge in [0.15, 0.2) is 0 Å². The summed E-state index contributed by atoms with van der Waals surface area (Å²) in [4.78, 5) is 13.9. The van der Waals surface area contributed by atoms with Crippen molar-refractivity contribution in [3.8, 4) is 5.75 Å². The lowest BCUT2D eigenvalue weighted by atomic mass is 9.79. The van der Waals surface area contributed by atoms with Crippen LogP contribution in [-0.2, 0) is 31.6 Å². The molecule has 0 saturated carbocycles. The van der Waals surface area contributed by atoms with E-state index in [1.807, 2.05) is 6.07 Å². The van der Waals surface area contributed by atoms with Crippen LogP contribution in [0, 0.1) is 0 Å². The van der Waals surface area contributed by atoms with E-state index in [4.69, 9.17) is 9.47 Å². The minimum atomic E-state index is -3.37. The molecule has 2 heterocycles. The molecule has 1 saturated heterocycles. The van der Waals surface area contributed by atoms with Gasteiger partial charge in [0.25, 0.3) is 0 Å². The van der Waals surface area contributed by atoms with E-state index in [1.165, 1.54) is 11.1 Å². The molecule has 2 aliphatic heterocycles. The normalized spacial score (nSPS) is 19.5. The zero-order valence-electron chi connectivity index (χ0n) is 14.6. The Hall–Kier alpha value is -1.64. The van der Waals surface area contributed by atoms with Crippen molar-refractivity contribution in [2.45, 2.75) is 24.9 Å². The molecule has 0 unspecified atom stereocenters. The number of fused-ring (bicyclic) bond motifs is 2. The van der Waals surface area contributed by atoms with Crippen molar-refractivity contribution in [3.05, 3.63) is 29.3 Å². The lowest BCUT2D eigenvalue weighted by Gasteiger charge is -2.45. The van der Waals surface area contributed by atoms with Crippen molar-refractivity contribution in [1.29, 1.82) is 0 Å². The maximum Gasteiger partial charge on any atom is 0.237 e. The van der Waals surface area contributed by atoms with Crippen LogP contribution in [0.5, 0.6) is 5.75 Å². The Morgan fingerprint density at radius 3 is 2.72 bits per heavy atom. The predicted octanol–water partition coefficient (Wildman–Crippen LogP) is 0.635. The first-order valence-corrected chi connectivity index (χ1v) is 10.3. The topological polar surface area (TPSA) is 84.9 Å². The Labute approximate surface area is 148 Å². The number of carbonyl (C=O) groups excluding carboxylic acids is 1. The summed E-state index contributed by atoms with van der Waals surface area (Å²) in [6.45, 7) is 1.57. The Morgan fingerprint density at radius 2 is 2.08 bits per heavy atom. The van der Waals surface area contributed by atoms with E-state index in [2.05, 4.69) is 16.9 Å². The monoisotopic (exact) mass is 368 g/mol. The average molecular weight is 368 g/mol. The van der Waals surface area contributed by atoms with Gasteiger partial charge in [-0.05, 0) is 42.5 Å². The van der Waals surface area contributed by atoms with E-state index < -0.39 is 10.0 Å². The number of carbonyl (C=O) groups is 1. The van der Waals surface area contributed by atoms with Crippen LogP contribution in [-0.4, -0.2) is 58.8 Å². The van der Waals surface area contributed by atoms with Gasteiger partial charge in [0.1, 0.15) is 5.75 Å². The van der Waals surface area contributed by atoms with Gasteiger partial charge in [-0.1, -0.05) is 6.07 Å². The smallest absolute Gasteiger partial charge is 0.237 e. The van der Waals surface area contributed by atoms with E-state index >= 15 is 0 Å². The molecule has 1 fully saturated rings. The van der Waals surface area contributed by atoms with Crippen LogP contribution in [0.15, 0.2) is 18.2 Å². The molecule has 2 aliphatic rings. The molecule has 1 aromatic carbocycles. The number of rotatable bonds is 4. The largest absolute Gasteiger partial charge is 0.497 e. The third kappa shape index (κ3) is 3.96. The van der Waals surface area contributed by atoms with Gasteiger partial charge in [-0.15, -0.1) is 0 Å². The summed E-state index contributed by atoms with van der Waals surface area (Å²) in [5.74, 6) is 0.640. The van der Waals surface area contributed by atoms with Gasteiger partial charge in [-0.3, -0.25) is 4.79 Å². The molecule has 0 bridgehead atoms. The fourth-order valence-electron chi connectivity index (χ4n) is 3.62. The summed E-state index contributed by atoms with van der Waals surface area (Å²) in [6, 6.07) is 6.08. The van der Waals surface area contributed by atoms with Crippen molar-refractivity contribution in [2.75, 3.05) is 39.6 Å². The van der Waals surface area contributed by atoms with Gasteiger partial charge in [0, 0.05) is 13.1 Å². The Morgan fingerprint density at radius 1 is 1.36 bits per heavy atom. The number of nitrogens with one attached hydrogen (secondary N) is 1. The summed E-state index contributed by atoms with van der Waals surface area (Å²) < 4.78 is 36.0. The summed E-state index contributed by atoms with van der Waals surface area (Å²) >= 11 is 0. The van der Waals surface area contributed by atoms with Crippen LogP contribution < -0.4 is 9.46 Å². The molecule has 8 heteroatoms. The molecule has 7 nitrogen and oxygen atoms in total. The molecule has 0 aromatic heterocycles. The van der Waals surface area contributed by atoms with Crippen molar-refractivity contribution in [2.24, 2.45) is 0 Å². The van der Waals surface area contributed by atoms with Crippen molar-refractivity contribution in [1.82, 2.24) is 9.62 Å². The number of ether oxygens (including phenoxy) is 2. The second-order valence-electron chi connectivity index (χ2n) is 6.59. The van der Waals surface area contributed by atoms with E-state index in [0.717, 1.165) is 18.4 Å². The molecule has 0 atom stereocenters. The van der Waals surface area contributed by atoms with Crippen molar-refractivity contribution in [3.63, 3.8) is 0 Å². The van der Waals surface area contributed by atoms with Crippen LogP contribution in [0.1, 0.15) is 24.0 Å². The fourth-order valence-corrected chi connectivity index (χ4v) is 4.00. The molecule has 138 valence electrons. The number of methoxy groups -OCH3 is 1. The molecule has 0 aliphatic carbocycles. The molecular formula is C17H24N2O5S. The molecular weight excluding hydrogens is 344 g/mol. The predicted molar refractivity (Wildman–Crippen MR) is 93.0 cm³/mol. The zero-order valence-corrected chi connectivity index (χ0v) is 15.4. The molecule has 1 amide bonds. The quantitative estimate of drug-likeness (QED) is 0.843. The summed E-state index contributed by atoms with van der Waals surface area (Å²) in [7, 11) is -1.71.